The fourth-order valence-electron chi connectivity index (χ4n) is 3.24. The zero-order valence-electron chi connectivity index (χ0n) is 18.1. The van der Waals surface area contributed by atoms with Gasteiger partial charge >= 0.3 is 0 Å². The third-order valence-corrected chi connectivity index (χ3v) is 6.62. The van der Waals surface area contributed by atoms with E-state index in [0.717, 1.165) is 16.1 Å². The van der Waals surface area contributed by atoms with Crippen LogP contribution >= 0.6 is 11.6 Å². The Kier molecular flexibility index (Phi) is 8.47. The lowest BCUT2D eigenvalue weighted by Gasteiger charge is -2.31. The number of rotatable bonds is 9. The van der Waals surface area contributed by atoms with E-state index in [1.165, 1.54) is 11.9 Å². The molecule has 9 heteroatoms. The number of sulfonamides is 1. The molecule has 0 aliphatic heterocycles. The van der Waals surface area contributed by atoms with Crippen LogP contribution in [0.5, 0.6) is 0 Å². The smallest absolute Gasteiger partial charge is 0.244 e. The number of anilines is 1. The second-order valence-electron chi connectivity index (χ2n) is 7.27. The van der Waals surface area contributed by atoms with Crippen molar-refractivity contribution in [3.63, 3.8) is 0 Å². The van der Waals surface area contributed by atoms with E-state index in [1.807, 2.05) is 30.3 Å². The molecule has 2 aromatic rings. The summed E-state index contributed by atoms with van der Waals surface area (Å²) in [7, 11) is -2.28. The highest BCUT2D eigenvalue weighted by Gasteiger charge is 2.30. The summed E-state index contributed by atoms with van der Waals surface area (Å²) in [6.07, 6.45) is 1.57. The van der Waals surface area contributed by atoms with Gasteiger partial charge in [0.1, 0.15) is 12.6 Å². The molecule has 2 aromatic carbocycles. The van der Waals surface area contributed by atoms with E-state index in [0.29, 0.717) is 22.7 Å². The van der Waals surface area contributed by atoms with Gasteiger partial charge in [0, 0.05) is 18.6 Å². The highest BCUT2D eigenvalue weighted by atomic mass is 35.5. The molecule has 7 nitrogen and oxygen atoms in total. The summed E-state index contributed by atoms with van der Waals surface area (Å²) in [5.41, 5.74) is 1.89. The first-order chi connectivity index (χ1) is 14.6. The zero-order valence-corrected chi connectivity index (χ0v) is 19.7. The molecule has 1 atom stereocenters. The van der Waals surface area contributed by atoms with Crippen molar-refractivity contribution in [3.05, 3.63) is 64.7 Å². The summed E-state index contributed by atoms with van der Waals surface area (Å²) in [5, 5.41) is 2.95. The number of carbonyl (C=O) groups excluding carboxylic acids is 2. The van der Waals surface area contributed by atoms with E-state index in [9.17, 15) is 18.0 Å². The second-order valence-corrected chi connectivity index (χ2v) is 9.58. The molecule has 1 N–H and O–H groups in total. The number of hydrogen-bond acceptors (Lipinski definition) is 4. The maximum absolute atomic E-state index is 13.3. The molecule has 0 saturated carbocycles. The number of hydrogen-bond donors (Lipinski definition) is 1. The lowest BCUT2D eigenvalue weighted by Crippen LogP contribution is -2.51. The molecule has 2 rings (SSSR count). The fourth-order valence-corrected chi connectivity index (χ4v) is 4.31. The van der Waals surface area contributed by atoms with E-state index in [1.54, 1.807) is 32.0 Å². The third kappa shape index (κ3) is 6.45. The van der Waals surface area contributed by atoms with Crippen LogP contribution in [-0.2, 0) is 26.0 Å². The van der Waals surface area contributed by atoms with Gasteiger partial charge < -0.3 is 10.2 Å². The second kappa shape index (κ2) is 10.6. The number of likely N-dealkylation sites (N-methyl/N-ethyl adjacent to an activating group) is 1. The van der Waals surface area contributed by atoms with Crippen molar-refractivity contribution in [2.45, 2.75) is 26.3 Å². The Morgan fingerprint density at radius 2 is 1.74 bits per heavy atom. The van der Waals surface area contributed by atoms with Crippen molar-refractivity contribution in [2.75, 3.05) is 30.7 Å². The SMILES string of the molecule is CNC(=O)[C@H](C)N(CCc1ccccc1)C(=O)CN(c1cccc(Cl)c1C)S(C)(=O)=O. The van der Waals surface area contributed by atoms with Gasteiger partial charge in [0.15, 0.2) is 0 Å². The van der Waals surface area contributed by atoms with Crippen LogP contribution in [0.1, 0.15) is 18.1 Å². The Hall–Kier alpha value is -2.58. The maximum atomic E-state index is 13.3. The molecule has 0 fully saturated rings. The molecule has 0 bridgehead atoms. The molecular formula is C22H28ClN3O4S. The van der Waals surface area contributed by atoms with Gasteiger partial charge in [-0.2, -0.15) is 0 Å². The molecule has 0 radical (unpaired) electrons. The van der Waals surface area contributed by atoms with Crippen LogP contribution in [0.25, 0.3) is 0 Å². The Bertz CT molecular complexity index is 1030. The molecule has 0 saturated heterocycles. The number of carbonyl (C=O) groups is 2. The van der Waals surface area contributed by atoms with Crippen molar-refractivity contribution >= 4 is 39.1 Å². The van der Waals surface area contributed by atoms with E-state index < -0.39 is 28.5 Å². The molecule has 168 valence electrons. The Labute approximate surface area is 189 Å². The highest BCUT2D eigenvalue weighted by Crippen LogP contribution is 2.28. The van der Waals surface area contributed by atoms with Gasteiger partial charge in [-0.25, -0.2) is 8.42 Å². The molecule has 0 aliphatic rings. The fraction of sp³-hybridized carbons (Fsp3) is 0.364. The molecule has 0 heterocycles. The summed E-state index contributed by atoms with van der Waals surface area (Å²) in [6.45, 7) is 3.15. The quantitative estimate of drug-likeness (QED) is 0.616. The molecule has 0 unspecified atom stereocenters. The highest BCUT2D eigenvalue weighted by molar-refractivity contribution is 7.92. The van der Waals surface area contributed by atoms with Gasteiger partial charge in [0.05, 0.1) is 11.9 Å². The minimum Gasteiger partial charge on any atom is -0.357 e. The summed E-state index contributed by atoms with van der Waals surface area (Å²) in [6, 6.07) is 13.7. The van der Waals surface area contributed by atoms with E-state index in [-0.39, 0.29) is 12.5 Å². The number of nitrogens with one attached hydrogen (secondary N) is 1. The van der Waals surface area contributed by atoms with Crippen LogP contribution in [0.15, 0.2) is 48.5 Å². The predicted octanol–water partition coefficient (Wildman–Crippen LogP) is 2.62. The van der Waals surface area contributed by atoms with Crippen molar-refractivity contribution in [3.8, 4) is 0 Å². The third-order valence-electron chi connectivity index (χ3n) is 5.08. The molecule has 2 amide bonds. The maximum Gasteiger partial charge on any atom is 0.244 e. The molecule has 31 heavy (non-hydrogen) atoms. The van der Waals surface area contributed by atoms with E-state index >= 15 is 0 Å². The average Bonchev–Trinajstić information content (AvgIpc) is 2.73. The van der Waals surface area contributed by atoms with Crippen molar-refractivity contribution in [2.24, 2.45) is 0 Å². The molecule has 0 aliphatic carbocycles. The minimum absolute atomic E-state index is 0.267. The topological polar surface area (TPSA) is 86.8 Å². The van der Waals surface area contributed by atoms with Crippen LogP contribution in [-0.4, -0.2) is 57.6 Å². The van der Waals surface area contributed by atoms with Crippen LogP contribution in [0, 0.1) is 6.92 Å². The first-order valence-electron chi connectivity index (χ1n) is 9.84. The van der Waals surface area contributed by atoms with Gasteiger partial charge in [0.25, 0.3) is 0 Å². The number of benzene rings is 2. The van der Waals surface area contributed by atoms with Crippen molar-refractivity contribution < 1.29 is 18.0 Å². The largest absolute Gasteiger partial charge is 0.357 e. The molecule has 0 spiro atoms. The summed E-state index contributed by atoms with van der Waals surface area (Å²) >= 11 is 6.17. The standard InChI is InChI=1S/C22H28ClN3O4S/c1-16-19(23)11-8-12-20(16)26(31(4,29)30)15-21(27)25(17(2)22(28)24-3)14-13-18-9-6-5-7-10-18/h5-12,17H,13-15H2,1-4H3,(H,24,28)/t17-/m0/s1. The average molecular weight is 466 g/mol. The molecule has 0 aromatic heterocycles. The van der Waals surface area contributed by atoms with Gasteiger partial charge in [-0.05, 0) is 43.5 Å². The van der Waals surface area contributed by atoms with E-state index in [2.05, 4.69) is 5.32 Å². The molecular weight excluding hydrogens is 438 g/mol. The predicted molar refractivity (Wildman–Crippen MR) is 124 cm³/mol. The monoisotopic (exact) mass is 465 g/mol. The zero-order chi connectivity index (χ0) is 23.2. The summed E-state index contributed by atoms with van der Waals surface area (Å²) in [5.74, 6) is -0.803. The summed E-state index contributed by atoms with van der Waals surface area (Å²) < 4.78 is 26.1. The van der Waals surface area contributed by atoms with Crippen LogP contribution in [0.4, 0.5) is 5.69 Å². The number of halogens is 1. The Morgan fingerprint density at radius 1 is 1.10 bits per heavy atom. The van der Waals surface area contributed by atoms with Gasteiger partial charge in [-0.3, -0.25) is 13.9 Å². The van der Waals surface area contributed by atoms with Crippen LogP contribution < -0.4 is 9.62 Å². The number of amides is 2. The summed E-state index contributed by atoms with van der Waals surface area (Å²) in [4.78, 5) is 26.9. The van der Waals surface area contributed by atoms with Crippen LogP contribution in [0.2, 0.25) is 5.02 Å². The Morgan fingerprint density at radius 3 is 2.32 bits per heavy atom. The van der Waals surface area contributed by atoms with Crippen molar-refractivity contribution in [1.82, 2.24) is 10.2 Å². The van der Waals surface area contributed by atoms with Gasteiger partial charge in [-0.1, -0.05) is 48.0 Å². The normalized spacial score (nSPS) is 12.2. The lowest BCUT2D eigenvalue weighted by molar-refractivity contribution is -0.138. The minimum atomic E-state index is -3.78. The van der Waals surface area contributed by atoms with Gasteiger partial charge in [0.2, 0.25) is 21.8 Å². The Balaban J connectivity index is 2.34. The first-order valence-corrected chi connectivity index (χ1v) is 12.1. The first kappa shape index (κ1) is 24.7. The number of nitrogens with zero attached hydrogens (tertiary/aromatic N) is 2. The van der Waals surface area contributed by atoms with Gasteiger partial charge in [-0.15, -0.1) is 0 Å². The van der Waals surface area contributed by atoms with E-state index in [4.69, 9.17) is 11.6 Å². The van der Waals surface area contributed by atoms with Crippen LogP contribution in [0.3, 0.4) is 0 Å². The van der Waals surface area contributed by atoms with Crippen molar-refractivity contribution in [1.29, 1.82) is 0 Å². The lowest BCUT2D eigenvalue weighted by atomic mass is 10.1.